The highest BCUT2D eigenvalue weighted by Gasteiger charge is 2.24. The minimum Gasteiger partial charge on any atom is -0.496 e. The molecule has 1 saturated carbocycles. The average molecular weight is 240 g/mol. The van der Waals surface area contributed by atoms with Crippen LogP contribution in [0, 0.1) is 5.92 Å². The van der Waals surface area contributed by atoms with E-state index in [1.54, 1.807) is 7.11 Å². The first-order chi connectivity index (χ1) is 7.70. The van der Waals surface area contributed by atoms with Gasteiger partial charge in [-0.05, 0) is 30.9 Å². The molecule has 3 heteroatoms. The van der Waals surface area contributed by atoms with Gasteiger partial charge in [0.2, 0.25) is 0 Å². The highest BCUT2D eigenvalue weighted by Crippen LogP contribution is 2.29. The number of hydrogen-bond acceptors (Lipinski definition) is 2. The fourth-order valence-electron chi connectivity index (χ4n) is 2.22. The van der Waals surface area contributed by atoms with Gasteiger partial charge in [0.05, 0.1) is 7.11 Å². The van der Waals surface area contributed by atoms with Gasteiger partial charge in [-0.1, -0.05) is 24.6 Å². The highest BCUT2D eigenvalue weighted by atomic mass is 35.5. The van der Waals surface area contributed by atoms with E-state index in [2.05, 4.69) is 12.2 Å². The quantitative estimate of drug-likeness (QED) is 0.871. The molecule has 1 aromatic carbocycles. The maximum Gasteiger partial charge on any atom is 0.124 e. The third kappa shape index (κ3) is 2.50. The molecule has 0 aliphatic heterocycles. The highest BCUT2D eigenvalue weighted by molar-refractivity contribution is 6.31. The molecule has 2 nitrogen and oxygen atoms in total. The van der Waals surface area contributed by atoms with Gasteiger partial charge in [0.25, 0.3) is 0 Å². The van der Waals surface area contributed by atoms with Crippen molar-refractivity contribution >= 4 is 11.6 Å². The Balaban J connectivity index is 1.97. The monoisotopic (exact) mass is 239 g/mol. The molecule has 0 amide bonds. The molecule has 1 fully saturated rings. The van der Waals surface area contributed by atoms with Gasteiger partial charge in [-0.2, -0.15) is 0 Å². The van der Waals surface area contributed by atoms with Gasteiger partial charge in [0.15, 0.2) is 0 Å². The maximum absolute atomic E-state index is 6.16. The third-order valence-electron chi connectivity index (χ3n) is 3.24. The SMILES string of the molecule is COc1cccc(Cl)c1CNC1CC(C)C1. The lowest BCUT2D eigenvalue weighted by Crippen LogP contribution is -2.39. The van der Waals surface area contributed by atoms with Gasteiger partial charge in [-0.3, -0.25) is 0 Å². The minimum absolute atomic E-state index is 0.649. The molecule has 0 unspecified atom stereocenters. The van der Waals surface area contributed by atoms with E-state index >= 15 is 0 Å². The van der Waals surface area contributed by atoms with E-state index in [1.807, 2.05) is 18.2 Å². The average Bonchev–Trinajstić information content (AvgIpc) is 2.24. The van der Waals surface area contributed by atoms with E-state index < -0.39 is 0 Å². The second-order valence-electron chi connectivity index (χ2n) is 4.58. The van der Waals surface area contributed by atoms with Crippen molar-refractivity contribution in [2.45, 2.75) is 32.4 Å². The molecule has 88 valence electrons. The first-order valence-corrected chi connectivity index (χ1v) is 6.13. The summed E-state index contributed by atoms with van der Waals surface area (Å²) in [5.41, 5.74) is 1.06. The van der Waals surface area contributed by atoms with Gasteiger partial charge in [0.1, 0.15) is 5.75 Å². The summed E-state index contributed by atoms with van der Waals surface area (Å²) in [5.74, 6) is 1.73. The van der Waals surface area contributed by atoms with E-state index in [0.717, 1.165) is 28.8 Å². The molecule has 2 rings (SSSR count). The van der Waals surface area contributed by atoms with Crippen molar-refractivity contribution in [3.63, 3.8) is 0 Å². The minimum atomic E-state index is 0.649. The van der Waals surface area contributed by atoms with Crippen molar-refractivity contribution in [3.05, 3.63) is 28.8 Å². The topological polar surface area (TPSA) is 21.3 Å². The Morgan fingerprint density at radius 1 is 1.44 bits per heavy atom. The summed E-state index contributed by atoms with van der Waals surface area (Å²) in [6.07, 6.45) is 2.54. The molecular formula is C13H18ClNO. The molecule has 1 aliphatic carbocycles. The van der Waals surface area contributed by atoms with Gasteiger partial charge in [-0.15, -0.1) is 0 Å². The summed E-state index contributed by atoms with van der Waals surface area (Å²) in [7, 11) is 1.68. The second kappa shape index (κ2) is 5.07. The van der Waals surface area contributed by atoms with Crippen LogP contribution in [-0.4, -0.2) is 13.2 Å². The summed E-state index contributed by atoms with van der Waals surface area (Å²) in [5, 5.41) is 4.29. The van der Waals surface area contributed by atoms with Gasteiger partial charge >= 0.3 is 0 Å². The van der Waals surface area contributed by atoms with E-state index in [0.29, 0.717) is 6.04 Å². The molecule has 0 heterocycles. The van der Waals surface area contributed by atoms with Crippen LogP contribution in [0.15, 0.2) is 18.2 Å². The van der Waals surface area contributed by atoms with Crippen LogP contribution >= 0.6 is 11.6 Å². The van der Waals surface area contributed by atoms with Crippen LogP contribution in [0.25, 0.3) is 0 Å². The van der Waals surface area contributed by atoms with Crippen molar-refractivity contribution in [2.75, 3.05) is 7.11 Å². The van der Waals surface area contributed by atoms with Crippen LogP contribution in [0.3, 0.4) is 0 Å². The predicted octanol–water partition coefficient (Wildman–Crippen LogP) is 3.24. The lowest BCUT2D eigenvalue weighted by atomic mass is 9.82. The van der Waals surface area contributed by atoms with E-state index in [-0.39, 0.29) is 0 Å². The fourth-order valence-corrected chi connectivity index (χ4v) is 2.45. The number of ether oxygens (including phenoxy) is 1. The number of hydrogen-bond donors (Lipinski definition) is 1. The molecule has 1 aromatic rings. The standard InChI is InChI=1S/C13H18ClNO/c1-9-6-10(7-9)15-8-11-12(14)4-3-5-13(11)16-2/h3-5,9-10,15H,6-8H2,1-2H3. The number of methoxy groups -OCH3 is 1. The predicted molar refractivity (Wildman–Crippen MR) is 67.0 cm³/mol. The number of halogens is 1. The lowest BCUT2D eigenvalue weighted by molar-refractivity contribution is 0.239. The molecule has 0 atom stereocenters. The summed E-state index contributed by atoms with van der Waals surface area (Å²) >= 11 is 6.16. The Hall–Kier alpha value is -0.730. The van der Waals surface area contributed by atoms with E-state index in [9.17, 15) is 0 Å². The molecular weight excluding hydrogens is 222 g/mol. The Morgan fingerprint density at radius 2 is 2.19 bits per heavy atom. The Labute approximate surface area is 102 Å². The van der Waals surface area contributed by atoms with Crippen molar-refractivity contribution in [1.29, 1.82) is 0 Å². The number of benzene rings is 1. The van der Waals surface area contributed by atoms with Crippen LogP contribution < -0.4 is 10.1 Å². The third-order valence-corrected chi connectivity index (χ3v) is 3.59. The van der Waals surface area contributed by atoms with Gasteiger partial charge < -0.3 is 10.1 Å². The molecule has 0 saturated heterocycles. The second-order valence-corrected chi connectivity index (χ2v) is 4.98. The van der Waals surface area contributed by atoms with E-state index in [4.69, 9.17) is 16.3 Å². The Bertz CT molecular complexity index is 361. The normalized spacial score (nSPS) is 23.9. The Kier molecular flexibility index (Phi) is 3.72. The first-order valence-electron chi connectivity index (χ1n) is 5.75. The van der Waals surface area contributed by atoms with Crippen LogP contribution in [0.1, 0.15) is 25.3 Å². The van der Waals surface area contributed by atoms with Crippen LogP contribution in [0.5, 0.6) is 5.75 Å². The van der Waals surface area contributed by atoms with Crippen molar-refractivity contribution in [1.82, 2.24) is 5.32 Å². The summed E-state index contributed by atoms with van der Waals surface area (Å²) < 4.78 is 5.31. The molecule has 0 aromatic heterocycles. The smallest absolute Gasteiger partial charge is 0.124 e. The maximum atomic E-state index is 6.16. The van der Waals surface area contributed by atoms with Crippen LogP contribution in [0.4, 0.5) is 0 Å². The van der Waals surface area contributed by atoms with Crippen LogP contribution in [-0.2, 0) is 6.54 Å². The number of nitrogens with one attached hydrogen (secondary N) is 1. The Morgan fingerprint density at radius 3 is 2.81 bits per heavy atom. The molecule has 0 spiro atoms. The molecule has 0 radical (unpaired) electrons. The molecule has 0 bridgehead atoms. The lowest BCUT2D eigenvalue weighted by Gasteiger charge is -2.33. The van der Waals surface area contributed by atoms with Gasteiger partial charge in [0, 0.05) is 23.2 Å². The largest absolute Gasteiger partial charge is 0.496 e. The first kappa shape index (κ1) is 11.7. The molecule has 1 N–H and O–H groups in total. The van der Waals surface area contributed by atoms with Crippen molar-refractivity contribution < 1.29 is 4.74 Å². The molecule has 1 aliphatic rings. The zero-order valence-corrected chi connectivity index (χ0v) is 10.6. The number of rotatable bonds is 4. The van der Waals surface area contributed by atoms with Crippen LogP contribution in [0.2, 0.25) is 5.02 Å². The van der Waals surface area contributed by atoms with E-state index in [1.165, 1.54) is 12.8 Å². The summed E-state index contributed by atoms with van der Waals surface area (Å²) in [4.78, 5) is 0. The summed E-state index contributed by atoms with van der Waals surface area (Å²) in [6.45, 7) is 3.08. The zero-order valence-electron chi connectivity index (χ0n) is 9.79. The summed E-state index contributed by atoms with van der Waals surface area (Å²) in [6, 6.07) is 6.42. The van der Waals surface area contributed by atoms with Gasteiger partial charge in [-0.25, -0.2) is 0 Å². The molecule has 16 heavy (non-hydrogen) atoms. The van der Waals surface area contributed by atoms with Crippen molar-refractivity contribution in [2.24, 2.45) is 5.92 Å². The fraction of sp³-hybridized carbons (Fsp3) is 0.538. The van der Waals surface area contributed by atoms with Crippen molar-refractivity contribution in [3.8, 4) is 5.75 Å². The zero-order chi connectivity index (χ0) is 11.5.